The molecular weight excluding hydrogens is 200 g/mol. The van der Waals surface area contributed by atoms with Crippen LogP contribution >= 0.6 is 0 Å². The lowest BCUT2D eigenvalue weighted by molar-refractivity contribution is 0.341. The molecule has 88 valence electrons. The van der Waals surface area contributed by atoms with Crippen molar-refractivity contribution in [1.82, 2.24) is 0 Å². The molecule has 0 bridgehead atoms. The monoisotopic (exact) mass is 226 g/mol. The maximum atomic E-state index is 8.79. The van der Waals surface area contributed by atoms with Crippen LogP contribution in [0.25, 0.3) is 0 Å². The minimum atomic E-state index is -1.13. The van der Waals surface area contributed by atoms with Crippen molar-refractivity contribution in [2.24, 2.45) is 0 Å². The summed E-state index contributed by atoms with van der Waals surface area (Å²) >= 11 is 0. The van der Waals surface area contributed by atoms with E-state index in [1.165, 1.54) is 17.6 Å². The van der Waals surface area contributed by atoms with Gasteiger partial charge in [0.05, 0.1) is 14.7 Å². The molecule has 1 N–H and O–H groups in total. The van der Waals surface area contributed by atoms with Gasteiger partial charge in [0.15, 0.2) is 0 Å². The van der Waals surface area contributed by atoms with Crippen molar-refractivity contribution in [2.45, 2.75) is 51.9 Å². The number of hydrogen-bond donors (Lipinski definition) is 1. The van der Waals surface area contributed by atoms with Crippen LogP contribution in [0.15, 0.2) is 23.8 Å². The van der Waals surface area contributed by atoms with Gasteiger partial charge in [-0.05, 0) is 32.2 Å². The maximum Gasteiger partial charge on any atom is 0.0614 e. The molecule has 0 aromatic carbocycles. The van der Waals surface area contributed by atoms with Crippen molar-refractivity contribution in [2.75, 3.05) is 6.61 Å². The molecule has 1 atom stereocenters. The van der Waals surface area contributed by atoms with Gasteiger partial charge < -0.3 is 5.11 Å². The molecule has 0 aromatic heterocycles. The SMILES string of the molecule is C=C(C)C(CC/C(C)=C/CO)[Si](C)(C)C. The number of aliphatic hydroxyl groups excluding tert-OH is 1. The fourth-order valence-corrected chi connectivity index (χ4v) is 4.54. The summed E-state index contributed by atoms with van der Waals surface area (Å²) in [5, 5.41) is 8.79. The second-order valence-corrected chi connectivity index (χ2v) is 11.0. The van der Waals surface area contributed by atoms with Crippen LogP contribution < -0.4 is 0 Å². The Morgan fingerprint density at radius 1 is 1.33 bits per heavy atom. The summed E-state index contributed by atoms with van der Waals surface area (Å²) < 4.78 is 0. The lowest BCUT2D eigenvalue weighted by Gasteiger charge is -2.29. The zero-order chi connectivity index (χ0) is 12.1. The predicted molar refractivity (Wildman–Crippen MR) is 72.0 cm³/mol. The van der Waals surface area contributed by atoms with Gasteiger partial charge in [0.25, 0.3) is 0 Å². The molecule has 0 saturated heterocycles. The van der Waals surface area contributed by atoms with Crippen LogP contribution in [0, 0.1) is 0 Å². The largest absolute Gasteiger partial charge is 0.392 e. The molecule has 15 heavy (non-hydrogen) atoms. The first-order valence-electron chi connectivity index (χ1n) is 5.71. The van der Waals surface area contributed by atoms with Gasteiger partial charge in [-0.2, -0.15) is 0 Å². The van der Waals surface area contributed by atoms with Crippen molar-refractivity contribution in [3.8, 4) is 0 Å². The Kier molecular flexibility index (Phi) is 6.14. The fraction of sp³-hybridized carbons (Fsp3) is 0.692. The Morgan fingerprint density at radius 3 is 2.20 bits per heavy atom. The van der Waals surface area contributed by atoms with E-state index in [2.05, 4.69) is 40.1 Å². The van der Waals surface area contributed by atoms with Gasteiger partial charge >= 0.3 is 0 Å². The average Bonchev–Trinajstić information content (AvgIpc) is 2.01. The van der Waals surface area contributed by atoms with Gasteiger partial charge in [0, 0.05) is 0 Å². The summed E-state index contributed by atoms with van der Waals surface area (Å²) in [4.78, 5) is 0. The molecule has 0 amide bonds. The zero-order valence-electron chi connectivity index (χ0n) is 10.9. The lowest BCUT2D eigenvalue weighted by Crippen LogP contribution is -2.28. The summed E-state index contributed by atoms with van der Waals surface area (Å²) in [6.07, 6.45) is 4.18. The van der Waals surface area contributed by atoms with Crippen molar-refractivity contribution in [1.29, 1.82) is 0 Å². The smallest absolute Gasteiger partial charge is 0.0614 e. The third-order valence-electron chi connectivity index (χ3n) is 2.91. The third-order valence-corrected chi connectivity index (χ3v) is 5.78. The highest BCUT2D eigenvalue weighted by atomic mass is 28.3. The predicted octanol–water partition coefficient (Wildman–Crippen LogP) is 3.99. The molecule has 2 heteroatoms. The van der Waals surface area contributed by atoms with Crippen LogP contribution in [-0.4, -0.2) is 19.8 Å². The molecule has 1 nitrogen and oxygen atoms in total. The number of hydrogen-bond acceptors (Lipinski definition) is 1. The molecule has 0 aliphatic carbocycles. The van der Waals surface area contributed by atoms with E-state index in [1.807, 2.05) is 6.08 Å². The first-order chi connectivity index (χ1) is 6.79. The fourth-order valence-electron chi connectivity index (χ4n) is 2.05. The third kappa shape index (κ3) is 5.95. The molecule has 0 spiro atoms. The quantitative estimate of drug-likeness (QED) is 0.536. The van der Waals surface area contributed by atoms with Crippen LogP contribution in [0.4, 0.5) is 0 Å². The summed E-state index contributed by atoms with van der Waals surface area (Å²) in [6, 6.07) is 0. The minimum Gasteiger partial charge on any atom is -0.392 e. The van der Waals surface area contributed by atoms with Crippen molar-refractivity contribution < 1.29 is 5.11 Å². The summed E-state index contributed by atoms with van der Waals surface area (Å²) in [6.45, 7) is 15.7. The van der Waals surface area contributed by atoms with Crippen LogP contribution in [0.5, 0.6) is 0 Å². The Hall–Kier alpha value is -0.343. The number of allylic oxidation sites excluding steroid dienone is 2. The normalized spacial score (nSPS) is 15.2. The van der Waals surface area contributed by atoms with E-state index < -0.39 is 8.07 Å². The molecule has 0 rings (SSSR count). The van der Waals surface area contributed by atoms with Crippen LogP contribution in [0.1, 0.15) is 26.7 Å². The van der Waals surface area contributed by atoms with Gasteiger partial charge in [0.2, 0.25) is 0 Å². The van der Waals surface area contributed by atoms with Crippen LogP contribution in [0.2, 0.25) is 25.2 Å². The molecule has 0 aliphatic rings. The molecule has 0 fully saturated rings. The van der Waals surface area contributed by atoms with Gasteiger partial charge in [-0.3, -0.25) is 0 Å². The highest BCUT2D eigenvalue weighted by molar-refractivity contribution is 6.78. The molecule has 0 radical (unpaired) electrons. The Morgan fingerprint density at radius 2 is 1.87 bits per heavy atom. The molecule has 1 unspecified atom stereocenters. The van der Waals surface area contributed by atoms with E-state index in [1.54, 1.807) is 0 Å². The van der Waals surface area contributed by atoms with E-state index in [0.717, 1.165) is 6.42 Å². The van der Waals surface area contributed by atoms with Crippen LogP contribution in [0.3, 0.4) is 0 Å². The number of rotatable bonds is 6. The Balaban J connectivity index is 4.33. The molecular formula is C13H26OSi. The topological polar surface area (TPSA) is 20.2 Å². The summed E-state index contributed by atoms with van der Waals surface area (Å²) in [5.41, 5.74) is 3.31. The molecule has 0 heterocycles. The van der Waals surface area contributed by atoms with Crippen molar-refractivity contribution >= 4 is 8.07 Å². The highest BCUT2D eigenvalue weighted by Crippen LogP contribution is 2.33. The second-order valence-electron chi connectivity index (χ2n) is 5.54. The first kappa shape index (κ1) is 14.7. The summed E-state index contributed by atoms with van der Waals surface area (Å²) in [7, 11) is -1.13. The average molecular weight is 226 g/mol. The number of aliphatic hydroxyl groups is 1. The van der Waals surface area contributed by atoms with E-state index >= 15 is 0 Å². The van der Waals surface area contributed by atoms with Gasteiger partial charge in [-0.15, -0.1) is 6.58 Å². The Labute approximate surface area is 95.9 Å². The highest BCUT2D eigenvalue weighted by Gasteiger charge is 2.26. The molecule has 0 aromatic rings. The van der Waals surface area contributed by atoms with E-state index in [9.17, 15) is 0 Å². The lowest BCUT2D eigenvalue weighted by atomic mass is 10.1. The van der Waals surface area contributed by atoms with Gasteiger partial charge in [0.1, 0.15) is 0 Å². The van der Waals surface area contributed by atoms with Crippen molar-refractivity contribution in [3.05, 3.63) is 23.8 Å². The van der Waals surface area contributed by atoms with E-state index in [4.69, 9.17) is 5.11 Å². The van der Waals surface area contributed by atoms with Gasteiger partial charge in [-0.1, -0.05) is 36.9 Å². The molecule has 0 aliphatic heterocycles. The molecule has 0 saturated carbocycles. The Bertz CT molecular complexity index is 235. The second kappa shape index (κ2) is 6.29. The first-order valence-corrected chi connectivity index (χ1v) is 9.28. The summed E-state index contributed by atoms with van der Waals surface area (Å²) in [5.74, 6) is 0. The van der Waals surface area contributed by atoms with Crippen molar-refractivity contribution in [3.63, 3.8) is 0 Å². The van der Waals surface area contributed by atoms with Crippen LogP contribution in [-0.2, 0) is 0 Å². The zero-order valence-corrected chi connectivity index (χ0v) is 11.9. The maximum absolute atomic E-state index is 8.79. The minimum absolute atomic E-state index is 0.163. The van der Waals surface area contributed by atoms with E-state index in [0.29, 0.717) is 5.54 Å². The van der Waals surface area contributed by atoms with Gasteiger partial charge in [-0.25, -0.2) is 0 Å². The van der Waals surface area contributed by atoms with E-state index in [-0.39, 0.29) is 6.61 Å². The standard InChI is InChI=1S/C13H26OSi/c1-11(2)13(15(4,5)6)8-7-12(3)9-10-14/h9,13-14H,1,7-8,10H2,2-6H3/b12-9+.